The lowest BCUT2D eigenvalue weighted by Gasteiger charge is -2.50. The molecule has 3 aliphatic rings. The number of piperazine rings is 3. The average Bonchev–Trinajstić information content (AvgIpc) is 3.13. The van der Waals surface area contributed by atoms with Gasteiger partial charge in [0, 0.05) is 73.8 Å². The Morgan fingerprint density at radius 1 is 0.820 bits per heavy atom. The Labute approximate surface area is 292 Å². The second kappa shape index (κ2) is 15.6. The van der Waals surface area contributed by atoms with Crippen LogP contribution in [0.1, 0.15) is 49.4 Å². The standard InChI is InChI=1S/C39H47F2N4O5/c1-4-43(30-21-28(40)20-29(41)22-30)39(47)36-27-44(37-26-32(48-2)10-11-35(37)38(36)46)31-23-33(49-3)25-34(24-31)50-19-9-7-5-6-8-15-45-16-12-42(13-17-45)14-18-45/h10-11,20-27H,4-9,12-19H2,1-3H3/q+1. The number of rotatable bonds is 15. The van der Waals surface area contributed by atoms with E-state index in [9.17, 15) is 18.4 Å². The number of anilines is 1. The van der Waals surface area contributed by atoms with E-state index in [4.69, 9.17) is 14.2 Å². The molecule has 0 unspecified atom stereocenters. The van der Waals surface area contributed by atoms with E-state index in [1.54, 1.807) is 42.9 Å². The molecule has 3 fully saturated rings. The minimum Gasteiger partial charge on any atom is -0.497 e. The average molecular weight is 690 g/mol. The van der Waals surface area contributed by atoms with Crippen LogP contribution in [0.15, 0.2) is 65.6 Å². The number of carbonyl (C=O) groups is 1. The Kier molecular flexibility index (Phi) is 11.0. The van der Waals surface area contributed by atoms with Crippen molar-refractivity contribution in [3.8, 4) is 22.9 Å². The zero-order valence-corrected chi connectivity index (χ0v) is 29.3. The third-order valence-corrected chi connectivity index (χ3v) is 10.3. The Hall–Kier alpha value is -4.48. The number of fused-ring (bicyclic) bond motifs is 4. The third kappa shape index (κ3) is 7.79. The van der Waals surface area contributed by atoms with Crippen LogP contribution in [0.25, 0.3) is 16.6 Å². The maximum absolute atomic E-state index is 14.1. The summed E-state index contributed by atoms with van der Waals surface area (Å²) in [7, 11) is 3.10. The lowest BCUT2D eigenvalue weighted by atomic mass is 10.1. The second-order valence-corrected chi connectivity index (χ2v) is 13.4. The van der Waals surface area contributed by atoms with Gasteiger partial charge in [-0.05, 0) is 50.5 Å². The highest BCUT2D eigenvalue weighted by atomic mass is 19.1. The van der Waals surface area contributed by atoms with Crippen molar-refractivity contribution in [3.63, 3.8) is 0 Å². The second-order valence-electron chi connectivity index (χ2n) is 13.4. The van der Waals surface area contributed by atoms with E-state index >= 15 is 0 Å². The minimum atomic E-state index is -0.822. The third-order valence-electron chi connectivity index (χ3n) is 10.3. The number of hydrogen-bond acceptors (Lipinski definition) is 6. The van der Waals surface area contributed by atoms with Gasteiger partial charge < -0.3 is 28.2 Å². The molecule has 7 rings (SSSR count). The number of ether oxygens (including phenoxy) is 3. The molecule has 0 saturated carbocycles. The first-order chi connectivity index (χ1) is 24.2. The summed E-state index contributed by atoms with van der Waals surface area (Å²) in [6.45, 7) is 11.3. The molecule has 0 radical (unpaired) electrons. The predicted octanol–water partition coefficient (Wildman–Crippen LogP) is 6.43. The van der Waals surface area contributed by atoms with E-state index < -0.39 is 23.0 Å². The summed E-state index contributed by atoms with van der Waals surface area (Å²) >= 11 is 0. The van der Waals surface area contributed by atoms with Gasteiger partial charge in [-0.1, -0.05) is 12.8 Å². The fourth-order valence-corrected chi connectivity index (χ4v) is 7.32. The minimum absolute atomic E-state index is 0.0150. The molecule has 0 N–H and O–H groups in total. The number of hydrogen-bond donors (Lipinski definition) is 0. The molecule has 11 heteroatoms. The molecule has 0 spiro atoms. The Morgan fingerprint density at radius 3 is 2.16 bits per heavy atom. The van der Waals surface area contributed by atoms with Crippen LogP contribution >= 0.6 is 0 Å². The fraction of sp³-hybridized carbons (Fsp3) is 0.436. The van der Waals surface area contributed by atoms with Gasteiger partial charge in [0.05, 0.1) is 58.2 Å². The van der Waals surface area contributed by atoms with E-state index in [-0.39, 0.29) is 23.2 Å². The first kappa shape index (κ1) is 35.3. The zero-order valence-electron chi connectivity index (χ0n) is 29.3. The highest BCUT2D eigenvalue weighted by Gasteiger charge is 2.37. The molecular formula is C39H47F2N4O5+. The number of unbranched alkanes of at least 4 members (excludes halogenated alkanes) is 4. The summed E-state index contributed by atoms with van der Waals surface area (Å²) in [6, 6.07) is 13.3. The summed E-state index contributed by atoms with van der Waals surface area (Å²) in [5, 5.41) is 0.274. The Bertz CT molecular complexity index is 1850. The first-order valence-corrected chi connectivity index (χ1v) is 17.6. The molecule has 2 bridgehead atoms. The molecule has 1 aromatic heterocycles. The maximum atomic E-state index is 14.1. The molecule has 9 nitrogen and oxygen atoms in total. The van der Waals surface area contributed by atoms with Crippen LogP contribution in [0.5, 0.6) is 17.2 Å². The highest BCUT2D eigenvalue weighted by Crippen LogP contribution is 2.30. The van der Waals surface area contributed by atoms with Crippen molar-refractivity contribution in [2.24, 2.45) is 0 Å². The van der Waals surface area contributed by atoms with Gasteiger partial charge in [-0.15, -0.1) is 0 Å². The number of methoxy groups -OCH3 is 2. The number of halogens is 2. The van der Waals surface area contributed by atoms with E-state index in [0.29, 0.717) is 35.1 Å². The number of amides is 1. The monoisotopic (exact) mass is 689 g/mol. The van der Waals surface area contributed by atoms with Crippen molar-refractivity contribution in [1.82, 2.24) is 9.47 Å². The predicted molar refractivity (Wildman–Crippen MR) is 191 cm³/mol. The van der Waals surface area contributed by atoms with Gasteiger partial charge in [0.2, 0.25) is 5.43 Å². The van der Waals surface area contributed by atoms with Gasteiger partial charge in [-0.25, -0.2) is 8.78 Å². The molecule has 0 aliphatic carbocycles. The van der Waals surface area contributed by atoms with E-state index in [1.807, 2.05) is 12.1 Å². The van der Waals surface area contributed by atoms with Gasteiger partial charge in [0.15, 0.2) is 0 Å². The van der Waals surface area contributed by atoms with Crippen molar-refractivity contribution in [2.45, 2.75) is 39.0 Å². The number of quaternary nitrogens is 1. The Morgan fingerprint density at radius 2 is 1.48 bits per heavy atom. The molecule has 4 aromatic rings. The van der Waals surface area contributed by atoms with Crippen molar-refractivity contribution >= 4 is 22.5 Å². The number of carbonyl (C=O) groups excluding carboxylic acids is 1. The van der Waals surface area contributed by atoms with Crippen molar-refractivity contribution < 1.29 is 32.3 Å². The van der Waals surface area contributed by atoms with Crippen LogP contribution in [0.4, 0.5) is 14.5 Å². The van der Waals surface area contributed by atoms with Crippen LogP contribution < -0.4 is 24.5 Å². The lowest BCUT2D eigenvalue weighted by Crippen LogP contribution is -2.67. The topological polar surface area (TPSA) is 73.2 Å². The molecule has 3 aliphatic heterocycles. The molecule has 3 aromatic carbocycles. The van der Waals surface area contributed by atoms with Crippen LogP contribution in [0.2, 0.25) is 0 Å². The van der Waals surface area contributed by atoms with Crippen LogP contribution in [-0.2, 0) is 0 Å². The van der Waals surface area contributed by atoms with Gasteiger partial charge in [0.25, 0.3) is 5.91 Å². The van der Waals surface area contributed by atoms with Crippen LogP contribution in [0, 0.1) is 11.6 Å². The highest BCUT2D eigenvalue weighted by molar-refractivity contribution is 6.07. The first-order valence-electron chi connectivity index (χ1n) is 17.6. The molecule has 1 amide bonds. The van der Waals surface area contributed by atoms with Gasteiger partial charge in [-0.2, -0.15) is 0 Å². The smallest absolute Gasteiger partial charge is 0.263 e. The van der Waals surface area contributed by atoms with Crippen molar-refractivity contribution in [1.29, 1.82) is 0 Å². The van der Waals surface area contributed by atoms with Crippen molar-refractivity contribution in [3.05, 3.63) is 88.2 Å². The van der Waals surface area contributed by atoms with Crippen LogP contribution in [0.3, 0.4) is 0 Å². The van der Waals surface area contributed by atoms with Crippen molar-refractivity contribution in [2.75, 3.05) is 78.1 Å². The molecule has 50 heavy (non-hydrogen) atoms. The number of benzene rings is 3. The lowest BCUT2D eigenvalue weighted by molar-refractivity contribution is -0.941. The zero-order chi connectivity index (χ0) is 35.3. The largest absolute Gasteiger partial charge is 0.497 e. The van der Waals surface area contributed by atoms with E-state index in [2.05, 4.69) is 4.90 Å². The van der Waals surface area contributed by atoms with E-state index in [1.165, 1.54) is 87.8 Å². The molecule has 266 valence electrons. The van der Waals surface area contributed by atoms with Gasteiger partial charge >= 0.3 is 0 Å². The van der Waals surface area contributed by atoms with E-state index in [0.717, 1.165) is 31.0 Å². The summed E-state index contributed by atoms with van der Waals surface area (Å²) in [5.41, 5.74) is 0.439. The molecular weight excluding hydrogens is 642 g/mol. The summed E-state index contributed by atoms with van der Waals surface area (Å²) < 4.78 is 48.6. The Balaban J connectivity index is 1.20. The summed E-state index contributed by atoms with van der Waals surface area (Å²) in [5.74, 6) is -0.674. The summed E-state index contributed by atoms with van der Waals surface area (Å²) in [4.78, 5) is 31.5. The SMILES string of the molecule is CCN(C(=O)c1cn(-c2cc(OC)cc(OCCCCCCC[N+]34CCN(CC3)CC4)c2)c2cc(OC)ccc2c1=O)c1cc(F)cc(F)c1. The summed E-state index contributed by atoms with van der Waals surface area (Å²) in [6.07, 6.45) is 7.16. The maximum Gasteiger partial charge on any atom is 0.263 e. The quantitative estimate of drug-likeness (QED) is 0.106. The number of pyridine rings is 1. The normalized spacial score (nSPS) is 18.3. The molecule has 0 atom stereocenters. The number of aromatic nitrogens is 1. The molecule has 3 saturated heterocycles. The fourth-order valence-electron chi connectivity index (χ4n) is 7.32. The number of nitrogens with zero attached hydrogens (tertiary/aromatic N) is 4. The molecule has 4 heterocycles. The van der Waals surface area contributed by atoms with Crippen LogP contribution in [-0.4, -0.2) is 93.0 Å². The van der Waals surface area contributed by atoms with Gasteiger partial charge in [0.1, 0.15) is 34.4 Å². The van der Waals surface area contributed by atoms with Gasteiger partial charge in [-0.3, -0.25) is 14.5 Å².